The van der Waals surface area contributed by atoms with Gasteiger partial charge in [-0.05, 0) is 48.5 Å². The molecular weight excluding hydrogens is 375 g/mol. The fourth-order valence-electron chi connectivity index (χ4n) is 2.28. The van der Waals surface area contributed by atoms with Crippen molar-refractivity contribution >= 4 is 27.5 Å². The van der Waals surface area contributed by atoms with E-state index < -0.39 is 5.82 Å². The molecule has 0 heterocycles. The Hall–Kier alpha value is -1.92. The molecule has 0 radical (unpaired) electrons. The first-order chi connectivity index (χ1) is 11.5. The molecule has 2 aromatic rings. The van der Waals surface area contributed by atoms with Crippen LogP contribution in [0, 0.1) is 5.82 Å². The first-order valence-corrected chi connectivity index (χ1v) is 8.41. The Morgan fingerprint density at radius 2 is 1.96 bits per heavy atom. The summed E-state index contributed by atoms with van der Waals surface area (Å²) in [5, 5.41) is 2.85. The van der Waals surface area contributed by atoms with Gasteiger partial charge >= 0.3 is 0 Å². The minimum atomic E-state index is -0.398. The van der Waals surface area contributed by atoms with E-state index in [4.69, 9.17) is 4.74 Å². The smallest absolute Gasteiger partial charge is 0.238 e. The quantitative estimate of drug-likeness (QED) is 0.769. The lowest BCUT2D eigenvalue weighted by molar-refractivity contribution is -0.117. The summed E-state index contributed by atoms with van der Waals surface area (Å²) < 4.78 is 19.6. The van der Waals surface area contributed by atoms with Crippen LogP contribution in [0.25, 0.3) is 0 Å². The summed E-state index contributed by atoms with van der Waals surface area (Å²) in [6.07, 6.45) is 0. The van der Waals surface area contributed by atoms with E-state index in [0.29, 0.717) is 13.1 Å². The average Bonchev–Trinajstić information content (AvgIpc) is 2.56. The van der Waals surface area contributed by atoms with Gasteiger partial charge in [-0.3, -0.25) is 9.69 Å². The van der Waals surface area contributed by atoms with Crippen molar-refractivity contribution in [2.45, 2.75) is 13.5 Å². The van der Waals surface area contributed by atoms with E-state index in [9.17, 15) is 9.18 Å². The van der Waals surface area contributed by atoms with E-state index in [-0.39, 0.29) is 18.2 Å². The summed E-state index contributed by atoms with van der Waals surface area (Å²) in [6, 6.07) is 12.2. The molecule has 0 saturated carbocycles. The van der Waals surface area contributed by atoms with Crippen LogP contribution in [0.1, 0.15) is 12.5 Å². The highest BCUT2D eigenvalue weighted by Crippen LogP contribution is 2.19. The molecule has 0 spiro atoms. The number of rotatable bonds is 7. The number of methoxy groups -OCH3 is 1. The Kier molecular flexibility index (Phi) is 6.75. The number of nitrogens with one attached hydrogen (secondary N) is 1. The summed E-state index contributed by atoms with van der Waals surface area (Å²) in [5.74, 6) is -0.284. The highest BCUT2D eigenvalue weighted by Gasteiger charge is 2.11. The van der Waals surface area contributed by atoms with E-state index in [1.54, 1.807) is 12.1 Å². The number of halogens is 2. The van der Waals surface area contributed by atoms with E-state index >= 15 is 0 Å². The van der Waals surface area contributed by atoms with E-state index in [0.717, 1.165) is 15.7 Å². The summed E-state index contributed by atoms with van der Waals surface area (Å²) in [7, 11) is 1.43. The fourth-order valence-corrected chi connectivity index (χ4v) is 2.55. The molecule has 1 N–H and O–H groups in total. The minimum Gasteiger partial charge on any atom is -0.494 e. The second kappa shape index (κ2) is 8.80. The normalized spacial score (nSPS) is 10.7. The third kappa shape index (κ3) is 5.32. The number of carbonyl (C=O) groups is 1. The highest BCUT2D eigenvalue weighted by molar-refractivity contribution is 9.10. The van der Waals surface area contributed by atoms with Gasteiger partial charge in [0, 0.05) is 16.7 Å². The van der Waals surface area contributed by atoms with Gasteiger partial charge in [-0.2, -0.15) is 0 Å². The van der Waals surface area contributed by atoms with Crippen molar-refractivity contribution in [1.82, 2.24) is 4.90 Å². The molecule has 2 rings (SSSR count). The van der Waals surface area contributed by atoms with Crippen molar-refractivity contribution in [3.63, 3.8) is 0 Å². The minimum absolute atomic E-state index is 0.104. The van der Waals surface area contributed by atoms with Gasteiger partial charge < -0.3 is 10.1 Å². The van der Waals surface area contributed by atoms with Gasteiger partial charge in [-0.1, -0.05) is 28.9 Å². The third-order valence-electron chi connectivity index (χ3n) is 3.56. The lowest BCUT2D eigenvalue weighted by Gasteiger charge is -2.20. The van der Waals surface area contributed by atoms with Crippen LogP contribution in [0.15, 0.2) is 46.9 Å². The zero-order chi connectivity index (χ0) is 17.5. The molecule has 0 bridgehead atoms. The van der Waals surface area contributed by atoms with Crippen molar-refractivity contribution in [2.24, 2.45) is 0 Å². The maximum atomic E-state index is 13.8. The number of hydrogen-bond acceptors (Lipinski definition) is 3. The van der Waals surface area contributed by atoms with Gasteiger partial charge in [0.25, 0.3) is 0 Å². The molecule has 0 aromatic heterocycles. The second-order valence-corrected chi connectivity index (χ2v) is 6.24. The molecule has 0 aliphatic carbocycles. The van der Waals surface area contributed by atoms with Gasteiger partial charge in [-0.15, -0.1) is 0 Å². The van der Waals surface area contributed by atoms with Crippen molar-refractivity contribution in [2.75, 3.05) is 25.5 Å². The van der Waals surface area contributed by atoms with Crippen LogP contribution in [0.3, 0.4) is 0 Å². The van der Waals surface area contributed by atoms with Gasteiger partial charge in [0.1, 0.15) is 0 Å². The Morgan fingerprint density at radius 3 is 2.54 bits per heavy atom. The van der Waals surface area contributed by atoms with Crippen molar-refractivity contribution in [3.8, 4) is 5.75 Å². The maximum absolute atomic E-state index is 13.8. The van der Waals surface area contributed by atoms with Crippen LogP contribution >= 0.6 is 15.9 Å². The van der Waals surface area contributed by atoms with Crippen molar-refractivity contribution in [1.29, 1.82) is 0 Å². The Balaban J connectivity index is 1.94. The van der Waals surface area contributed by atoms with Crippen LogP contribution in [-0.4, -0.2) is 31.0 Å². The van der Waals surface area contributed by atoms with Crippen molar-refractivity contribution in [3.05, 3.63) is 58.3 Å². The number of likely N-dealkylation sites (N-methyl/N-ethyl adjacent to an activating group) is 1. The predicted molar refractivity (Wildman–Crippen MR) is 96.7 cm³/mol. The lowest BCUT2D eigenvalue weighted by atomic mass is 10.2. The third-order valence-corrected chi connectivity index (χ3v) is 4.09. The van der Waals surface area contributed by atoms with Crippen molar-refractivity contribution < 1.29 is 13.9 Å². The van der Waals surface area contributed by atoms with E-state index in [1.807, 2.05) is 36.1 Å². The molecule has 1 amide bonds. The topological polar surface area (TPSA) is 41.6 Å². The summed E-state index contributed by atoms with van der Waals surface area (Å²) in [5.41, 5.74) is 1.54. The molecule has 0 aliphatic rings. The zero-order valence-corrected chi connectivity index (χ0v) is 15.3. The van der Waals surface area contributed by atoms with Crippen LogP contribution < -0.4 is 10.1 Å². The van der Waals surface area contributed by atoms with Crippen LogP contribution in [0.4, 0.5) is 10.1 Å². The number of carbonyl (C=O) groups excluding carboxylic acids is 1. The largest absolute Gasteiger partial charge is 0.494 e. The molecule has 0 unspecified atom stereocenters. The molecule has 0 fully saturated rings. The second-order valence-electron chi connectivity index (χ2n) is 5.33. The standard InChI is InChI=1S/C18H20BrFN2O2/c1-3-22(11-13-4-9-17(24-2)16(20)10-13)12-18(23)21-15-7-5-14(19)6-8-15/h4-10H,3,11-12H2,1-2H3,(H,21,23). The molecule has 2 aromatic carbocycles. The number of nitrogens with zero attached hydrogens (tertiary/aromatic N) is 1. The fraction of sp³-hybridized carbons (Fsp3) is 0.278. The first kappa shape index (κ1) is 18.4. The first-order valence-electron chi connectivity index (χ1n) is 7.62. The molecule has 0 aliphatic heterocycles. The molecule has 4 nitrogen and oxygen atoms in total. The molecule has 128 valence electrons. The SMILES string of the molecule is CCN(CC(=O)Nc1ccc(Br)cc1)Cc1ccc(OC)c(F)c1. The highest BCUT2D eigenvalue weighted by atomic mass is 79.9. The van der Waals surface area contributed by atoms with Gasteiger partial charge in [0.15, 0.2) is 11.6 Å². The molecular formula is C18H20BrFN2O2. The number of ether oxygens (including phenoxy) is 1. The zero-order valence-electron chi connectivity index (χ0n) is 13.7. The Morgan fingerprint density at radius 1 is 1.25 bits per heavy atom. The Bertz CT molecular complexity index is 692. The average molecular weight is 395 g/mol. The Labute approximate surface area is 149 Å². The molecule has 6 heteroatoms. The van der Waals surface area contributed by atoms with Crippen LogP contribution in [0.2, 0.25) is 0 Å². The summed E-state index contributed by atoms with van der Waals surface area (Å²) >= 11 is 3.36. The number of benzene rings is 2. The molecule has 0 saturated heterocycles. The molecule has 24 heavy (non-hydrogen) atoms. The summed E-state index contributed by atoms with van der Waals surface area (Å²) in [4.78, 5) is 14.1. The monoisotopic (exact) mass is 394 g/mol. The van der Waals surface area contributed by atoms with E-state index in [2.05, 4.69) is 21.2 Å². The van der Waals surface area contributed by atoms with Crippen LogP contribution in [-0.2, 0) is 11.3 Å². The van der Waals surface area contributed by atoms with Crippen LogP contribution in [0.5, 0.6) is 5.75 Å². The summed E-state index contributed by atoms with van der Waals surface area (Å²) in [6.45, 7) is 3.37. The number of hydrogen-bond donors (Lipinski definition) is 1. The number of amides is 1. The van der Waals surface area contributed by atoms with Gasteiger partial charge in [0.2, 0.25) is 5.91 Å². The van der Waals surface area contributed by atoms with Gasteiger partial charge in [0.05, 0.1) is 13.7 Å². The maximum Gasteiger partial charge on any atom is 0.238 e. The molecule has 0 atom stereocenters. The lowest BCUT2D eigenvalue weighted by Crippen LogP contribution is -2.32. The van der Waals surface area contributed by atoms with Gasteiger partial charge in [-0.25, -0.2) is 4.39 Å². The van der Waals surface area contributed by atoms with E-state index in [1.165, 1.54) is 13.2 Å². The predicted octanol–water partition coefficient (Wildman–Crippen LogP) is 4.06. The number of anilines is 1.